The van der Waals surface area contributed by atoms with Gasteiger partial charge in [0.05, 0.1) is 17.7 Å². The minimum atomic E-state index is 0.474. The Morgan fingerprint density at radius 2 is 2.11 bits per heavy atom. The molecule has 1 atom stereocenters. The molecule has 1 aliphatic carbocycles. The van der Waals surface area contributed by atoms with Gasteiger partial charge in [-0.25, -0.2) is 4.98 Å². The summed E-state index contributed by atoms with van der Waals surface area (Å²) in [6, 6.07) is 8.89. The minimum absolute atomic E-state index is 0.474. The summed E-state index contributed by atoms with van der Waals surface area (Å²) in [6.45, 7) is 4.63. The molecule has 94 valence electrons. The number of aromatic nitrogens is 2. The zero-order chi connectivity index (χ0) is 12.6. The second-order valence-corrected chi connectivity index (χ2v) is 5.51. The van der Waals surface area contributed by atoms with Crippen LogP contribution in [0.4, 0.5) is 5.69 Å². The molecule has 1 aliphatic rings. The smallest absolute Gasteiger partial charge is 0.0992 e. The second kappa shape index (κ2) is 4.16. The van der Waals surface area contributed by atoms with Crippen LogP contribution in [-0.4, -0.2) is 15.6 Å². The highest BCUT2D eigenvalue weighted by Gasteiger charge is 2.42. The summed E-state index contributed by atoms with van der Waals surface area (Å²) in [5, 5.41) is 3.65. The van der Waals surface area contributed by atoms with Crippen molar-refractivity contribution < 1.29 is 0 Å². The Kier molecular flexibility index (Phi) is 2.62. The molecule has 1 unspecified atom stereocenters. The molecule has 3 heteroatoms. The van der Waals surface area contributed by atoms with E-state index in [1.54, 1.807) is 0 Å². The Hall–Kier alpha value is -1.77. The van der Waals surface area contributed by atoms with Gasteiger partial charge < -0.3 is 9.88 Å². The molecule has 0 saturated heterocycles. The molecule has 3 nitrogen and oxygen atoms in total. The van der Waals surface area contributed by atoms with E-state index in [0.29, 0.717) is 11.5 Å². The van der Waals surface area contributed by atoms with Crippen molar-refractivity contribution in [3.05, 3.63) is 43.0 Å². The number of benzene rings is 1. The molecule has 0 spiro atoms. The lowest BCUT2D eigenvalue weighted by Gasteiger charge is -2.23. The van der Waals surface area contributed by atoms with Crippen LogP contribution in [0, 0.1) is 5.41 Å². The van der Waals surface area contributed by atoms with Crippen LogP contribution in [0.2, 0.25) is 0 Å². The number of hydrogen-bond donors (Lipinski definition) is 1. The molecule has 1 heterocycles. The molecule has 1 fully saturated rings. The van der Waals surface area contributed by atoms with Gasteiger partial charge in [0, 0.05) is 18.4 Å². The first-order valence-electron chi connectivity index (χ1n) is 6.53. The van der Waals surface area contributed by atoms with E-state index in [0.717, 1.165) is 5.69 Å². The summed E-state index contributed by atoms with van der Waals surface area (Å²) in [4.78, 5) is 4.12. The Morgan fingerprint density at radius 3 is 2.78 bits per heavy atom. The average Bonchev–Trinajstić information content (AvgIpc) is 2.93. The van der Waals surface area contributed by atoms with Crippen molar-refractivity contribution >= 4 is 5.69 Å². The molecule has 0 amide bonds. The third kappa shape index (κ3) is 2.01. The Balaban J connectivity index is 1.88. The normalized spacial score (nSPS) is 18.3. The second-order valence-electron chi connectivity index (χ2n) is 5.51. The number of nitrogens with one attached hydrogen (secondary N) is 1. The van der Waals surface area contributed by atoms with Crippen molar-refractivity contribution in [2.24, 2.45) is 5.41 Å². The number of anilines is 1. The van der Waals surface area contributed by atoms with Crippen LogP contribution in [0.3, 0.4) is 0 Å². The molecule has 1 N–H and O–H groups in total. The highest BCUT2D eigenvalue weighted by atomic mass is 15.1. The quantitative estimate of drug-likeness (QED) is 0.888. The largest absolute Gasteiger partial charge is 0.380 e. The van der Waals surface area contributed by atoms with Gasteiger partial charge in [0.2, 0.25) is 0 Å². The molecular weight excluding hydrogens is 222 g/mol. The zero-order valence-electron chi connectivity index (χ0n) is 10.9. The fourth-order valence-corrected chi connectivity index (χ4v) is 2.26. The van der Waals surface area contributed by atoms with Crippen molar-refractivity contribution in [1.82, 2.24) is 9.55 Å². The molecule has 1 saturated carbocycles. The van der Waals surface area contributed by atoms with E-state index in [4.69, 9.17) is 0 Å². The van der Waals surface area contributed by atoms with Crippen molar-refractivity contribution in [2.75, 3.05) is 5.32 Å². The molecule has 18 heavy (non-hydrogen) atoms. The lowest BCUT2D eigenvalue weighted by Crippen LogP contribution is -2.25. The van der Waals surface area contributed by atoms with Crippen LogP contribution in [-0.2, 0) is 0 Å². The zero-order valence-corrected chi connectivity index (χ0v) is 10.9. The summed E-state index contributed by atoms with van der Waals surface area (Å²) in [5.41, 5.74) is 2.81. The van der Waals surface area contributed by atoms with E-state index in [1.807, 2.05) is 23.3 Å². The molecule has 0 radical (unpaired) electrons. The molecule has 3 rings (SSSR count). The van der Waals surface area contributed by atoms with E-state index in [2.05, 4.69) is 48.4 Å². The van der Waals surface area contributed by atoms with Crippen LogP contribution in [0.25, 0.3) is 5.69 Å². The highest BCUT2D eigenvalue weighted by molar-refractivity contribution is 5.61. The van der Waals surface area contributed by atoms with Gasteiger partial charge in [-0.2, -0.15) is 0 Å². The summed E-state index contributed by atoms with van der Waals surface area (Å²) in [6.07, 6.45) is 8.28. The third-order valence-electron chi connectivity index (χ3n) is 4.14. The predicted molar refractivity (Wildman–Crippen MR) is 74.0 cm³/mol. The number of hydrogen-bond acceptors (Lipinski definition) is 2. The SMILES string of the molecule is CC(Nc1ccccc1-n1ccnc1)C1(C)CC1. The first-order chi connectivity index (χ1) is 8.69. The van der Waals surface area contributed by atoms with E-state index in [-0.39, 0.29) is 0 Å². The summed E-state index contributed by atoms with van der Waals surface area (Å²) >= 11 is 0. The first kappa shape index (κ1) is 11.3. The molecule has 0 aliphatic heterocycles. The predicted octanol–water partition coefficient (Wildman–Crippen LogP) is 3.47. The molecule has 1 aromatic heterocycles. The Labute approximate surface area is 108 Å². The number of imidazole rings is 1. The van der Waals surface area contributed by atoms with Gasteiger partial charge in [-0.05, 0) is 37.3 Å². The van der Waals surface area contributed by atoms with E-state index in [9.17, 15) is 0 Å². The topological polar surface area (TPSA) is 29.9 Å². The molecule has 0 bridgehead atoms. The van der Waals surface area contributed by atoms with Gasteiger partial charge in [-0.3, -0.25) is 0 Å². The van der Waals surface area contributed by atoms with Crippen LogP contribution in [0.1, 0.15) is 26.7 Å². The number of nitrogens with zero attached hydrogens (tertiary/aromatic N) is 2. The van der Waals surface area contributed by atoms with Crippen LogP contribution < -0.4 is 5.32 Å². The van der Waals surface area contributed by atoms with E-state index < -0.39 is 0 Å². The fourth-order valence-electron chi connectivity index (χ4n) is 2.26. The fraction of sp³-hybridized carbons (Fsp3) is 0.400. The van der Waals surface area contributed by atoms with Gasteiger partial charge in [0.15, 0.2) is 0 Å². The molecule has 1 aromatic carbocycles. The van der Waals surface area contributed by atoms with Crippen LogP contribution >= 0.6 is 0 Å². The van der Waals surface area contributed by atoms with Crippen LogP contribution in [0.15, 0.2) is 43.0 Å². The highest BCUT2D eigenvalue weighted by Crippen LogP contribution is 2.49. The first-order valence-corrected chi connectivity index (χ1v) is 6.53. The van der Waals surface area contributed by atoms with Crippen molar-refractivity contribution in [1.29, 1.82) is 0 Å². The third-order valence-corrected chi connectivity index (χ3v) is 4.14. The number of rotatable bonds is 4. The average molecular weight is 241 g/mol. The van der Waals surface area contributed by atoms with Gasteiger partial charge in [-0.15, -0.1) is 0 Å². The minimum Gasteiger partial charge on any atom is -0.380 e. The lowest BCUT2D eigenvalue weighted by molar-refractivity contribution is 0.493. The summed E-state index contributed by atoms with van der Waals surface area (Å²) in [5.74, 6) is 0. The maximum absolute atomic E-state index is 4.12. The number of para-hydroxylation sites is 2. The Bertz CT molecular complexity index is 526. The monoisotopic (exact) mass is 241 g/mol. The standard InChI is InChI=1S/C15H19N3/c1-12(15(2)7-8-15)17-13-5-3-4-6-14(13)18-10-9-16-11-18/h3-6,9-12,17H,7-8H2,1-2H3. The Morgan fingerprint density at radius 1 is 1.33 bits per heavy atom. The van der Waals surface area contributed by atoms with E-state index in [1.165, 1.54) is 18.5 Å². The molecular formula is C15H19N3. The molecule has 2 aromatic rings. The van der Waals surface area contributed by atoms with Gasteiger partial charge in [0.1, 0.15) is 0 Å². The van der Waals surface area contributed by atoms with Crippen molar-refractivity contribution in [2.45, 2.75) is 32.7 Å². The van der Waals surface area contributed by atoms with Gasteiger partial charge in [0.25, 0.3) is 0 Å². The maximum atomic E-state index is 4.12. The van der Waals surface area contributed by atoms with E-state index >= 15 is 0 Å². The summed E-state index contributed by atoms with van der Waals surface area (Å²) in [7, 11) is 0. The maximum Gasteiger partial charge on any atom is 0.0992 e. The summed E-state index contributed by atoms with van der Waals surface area (Å²) < 4.78 is 2.05. The van der Waals surface area contributed by atoms with Gasteiger partial charge >= 0.3 is 0 Å². The van der Waals surface area contributed by atoms with Crippen molar-refractivity contribution in [3.8, 4) is 5.69 Å². The van der Waals surface area contributed by atoms with Crippen LogP contribution in [0.5, 0.6) is 0 Å². The van der Waals surface area contributed by atoms with Crippen molar-refractivity contribution in [3.63, 3.8) is 0 Å². The van der Waals surface area contributed by atoms with Gasteiger partial charge in [-0.1, -0.05) is 19.1 Å². The lowest BCUT2D eigenvalue weighted by atomic mass is 10.0.